The molecule has 1 atom stereocenters. The number of hydrogen-bond acceptors (Lipinski definition) is 2. The first-order chi connectivity index (χ1) is 14.1. The first-order valence-electron chi connectivity index (χ1n) is 10.4. The van der Waals surface area contributed by atoms with E-state index < -0.39 is 11.3 Å². The molecule has 3 nitrogen and oxygen atoms in total. The molecule has 0 amide bonds. The maximum absolute atomic E-state index is 10.6. The van der Waals surface area contributed by atoms with E-state index in [1.165, 1.54) is 31.2 Å². The average Bonchev–Trinajstić information content (AvgIpc) is 2.71. The van der Waals surface area contributed by atoms with E-state index in [0.29, 0.717) is 6.42 Å². The van der Waals surface area contributed by atoms with Crippen molar-refractivity contribution < 1.29 is 14.6 Å². The van der Waals surface area contributed by atoms with Crippen molar-refractivity contribution in [3.8, 4) is 11.5 Å². The van der Waals surface area contributed by atoms with Gasteiger partial charge in [0.15, 0.2) is 0 Å². The summed E-state index contributed by atoms with van der Waals surface area (Å²) in [5.41, 5.74) is 1.17. The van der Waals surface area contributed by atoms with Gasteiger partial charge in [0, 0.05) is 5.02 Å². The third-order valence-electron chi connectivity index (χ3n) is 4.93. The Morgan fingerprint density at radius 2 is 1.48 bits per heavy atom. The minimum absolute atomic E-state index is 0.562. The van der Waals surface area contributed by atoms with Crippen molar-refractivity contribution in [2.45, 2.75) is 69.6 Å². The van der Waals surface area contributed by atoms with E-state index in [1.807, 2.05) is 42.5 Å². The Kier molecular flexibility index (Phi) is 11.0. The zero-order chi connectivity index (χ0) is 20.9. The molecule has 0 aromatic heterocycles. The minimum atomic E-state index is -0.912. The van der Waals surface area contributed by atoms with Crippen LogP contribution in [-0.2, 0) is 11.2 Å². The molecule has 0 aliphatic heterocycles. The second-order valence-corrected chi connectivity index (χ2v) is 8.28. The molecule has 0 saturated heterocycles. The molecule has 0 saturated carbocycles. The van der Waals surface area contributed by atoms with Crippen LogP contribution in [0.4, 0.5) is 0 Å². The highest BCUT2D eigenvalue weighted by Gasteiger charge is 2.12. The normalized spacial score (nSPS) is 11.9. The Hall–Kier alpha value is -1.71. The fraction of sp³-hybridized carbons (Fsp3) is 0.458. The van der Waals surface area contributed by atoms with E-state index >= 15 is 0 Å². The van der Waals surface area contributed by atoms with E-state index in [9.17, 15) is 4.79 Å². The predicted molar refractivity (Wildman–Crippen MR) is 121 cm³/mol. The molecule has 2 aromatic rings. The maximum atomic E-state index is 10.6. The van der Waals surface area contributed by atoms with E-state index in [1.54, 1.807) is 0 Å². The molecule has 158 valence electrons. The number of halogens is 2. The van der Waals surface area contributed by atoms with Crippen LogP contribution in [-0.4, -0.2) is 16.5 Å². The number of alkyl halides is 1. The Bertz CT molecular complexity index is 734. The van der Waals surface area contributed by atoms with Crippen LogP contribution < -0.4 is 4.74 Å². The molecule has 0 radical (unpaired) electrons. The summed E-state index contributed by atoms with van der Waals surface area (Å²) >= 11 is 12.1. The largest absolute Gasteiger partial charge is 0.480 e. The van der Waals surface area contributed by atoms with Gasteiger partial charge in [-0.2, -0.15) is 0 Å². The Morgan fingerprint density at radius 3 is 2.10 bits per heavy atom. The van der Waals surface area contributed by atoms with Crippen molar-refractivity contribution in [3.05, 3.63) is 59.1 Å². The van der Waals surface area contributed by atoms with Gasteiger partial charge in [-0.1, -0.05) is 80.8 Å². The summed E-state index contributed by atoms with van der Waals surface area (Å²) in [6, 6.07) is 15.6. The molecule has 0 fully saturated rings. The molecule has 1 N–H and O–H groups in total. The van der Waals surface area contributed by atoms with Crippen LogP contribution in [0.2, 0.25) is 5.02 Å². The molecule has 2 aromatic carbocycles. The van der Waals surface area contributed by atoms with Crippen LogP contribution in [0.5, 0.6) is 11.5 Å². The summed E-state index contributed by atoms with van der Waals surface area (Å²) in [4.78, 5) is 10.6. The molecule has 0 aliphatic rings. The number of benzene rings is 2. The third kappa shape index (κ3) is 9.56. The number of rotatable bonds is 14. The predicted octanol–water partition coefficient (Wildman–Crippen LogP) is 7.88. The number of carboxylic acids is 1. The Morgan fingerprint density at radius 1 is 0.862 bits per heavy atom. The molecular weight excluding hydrogens is 407 g/mol. The smallest absolute Gasteiger partial charge is 0.321 e. The highest BCUT2D eigenvalue weighted by Crippen LogP contribution is 2.27. The molecule has 2 rings (SSSR count). The molecule has 5 heteroatoms. The van der Waals surface area contributed by atoms with E-state index in [4.69, 9.17) is 33.0 Å². The highest BCUT2D eigenvalue weighted by atomic mass is 35.5. The van der Waals surface area contributed by atoms with E-state index in [0.717, 1.165) is 48.6 Å². The molecular formula is C24H30Cl2O3. The van der Waals surface area contributed by atoms with Gasteiger partial charge in [0.1, 0.15) is 16.9 Å². The SMILES string of the molecule is O=C(O)C(Cl)CCCCCCCCCCc1ccc(Oc2ccccc2)cc1Cl. The second kappa shape index (κ2) is 13.5. The van der Waals surface area contributed by atoms with Crippen molar-refractivity contribution >= 4 is 29.2 Å². The van der Waals surface area contributed by atoms with Crippen molar-refractivity contribution in [2.24, 2.45) is 0 Å². The quantitative estimate of drug-likeness (QED) is 0.242. The second-order valence-electron chi connectivity index (χ2n) is 7.34. The van der Waals surface area contributed by atoms with Gasteiger partial charge in [0.05, 0.1) is 0 Å². The summed E-state index contributed by atoms with van der Waals surface area (Å²) in [6.07, 6.45) is 10.6. The van der Waals surface area contributed by atoms with Gasteiger partial charge in [-0.25, -0.2) is 0 Å². The number of carbonyl (C=O) groups is 1. The van der Waals surface area contributed by atoms with Gasteiger partial charge in [-0.05, 0) is 49.1 Å². The monoisotopic (exact) mass is 436 g/mol. The zero-order valence-electron chi connectivity index (χ0n) is 16.8. The number of hydrogen-bond donors (Lipinski definition) is 1. The van der Waals surface area contributed by atoms with Crippen LogP contribution in [0.1, 0.15) is 63.4 Å². The standard InChI is InChI=1S/C24H30Cl2O3/c25-22(24(27)28)15-11-6-4-2-1-3-5-8-12-19-16-17-21(18-23(19)26)29-20-13-9-7-10-14-20/h7,9-10,13-14,16-18,22H,1-6,8,11-12,15H2,(H,27,28). The van der Waals surface area contributed by atoms with Gasteiger partial charge in [-0.15, -0.1) is 11.6 Å². The van der Waals surface area contributed by atoms with Gasteiger partial charge in [0.2, 0.25) is 0 Å². The number of ether oxygens (including phenoxy) is 1. The number of unbranched alkanes of at least 4 members (excludes halogenated alkanes) is 7. The average molecular weight is 437 g/mol. The zero-order valence-corrected chi connectivity index (χ0v) is 18.3. The molecule has 0 bridgehead atoms. The van der Waals surface area contributed by atoms with Crippen LogP contribution >= 0.6 is 23.2 Å². The molecule has 0 aliphatic carbocycles. The van der Waals surface area contributed by atoms with Crippen molar-refractivity contribution in [1.29, 1.82) is 0 Å². The summed E-state index contributed by atoms with van der Waals surface area (Å²) in [5.74, 6) is 0.652. The maximum Gasteiger partial charge on any atom is 0.321 e. The van der Waals surface area contributed by atoms with Crippen LogP contribution in [0, 0.1) is 0 Å². The first kappa shape index (κ1) is 23.6. The summed E-state index contributed by atoms with van der Waals surface area (Å²) < 4.78 is 5.82. The van der Waals surface area contributed by atoms with E-state index in [-0.39, 0.29) is 0 Å². The molecule has 0 heterocycles. The molecule has 29 heavy (non-hydrogen) atoms. The van der Waals surface area contributed by atoms with Crippen LogP contribution in [0.15, 0.2) is 48.5 Å². The summed E-state index contributed by atoms with van der Waals surface area (Å²) in [5, 5.41) is 8.76. The fourth-order valence-corrected chi connectivity index (χ4v) is 3.66. The van der Waals surface area contributed by atoms with Crippen molar-refractivity contribution in [2.75, 3.05) is 0 Å². The lowest BCUT2D eigenvalue weighted by atomic mass is 10.0. The first-order valence-corrected chi connectivity index (χ1v) is 11.3. The number of aliphatic carboxylic acids is 1. The van der Waals surface area contributed by atoms with Crippen LogP contribution in [0.3, 0.4) is 0 Å². The van der Waals surface area contributed by atoms with Gasteiger partial charge >= 0.3 is 5.97 Å². The number of para-hydroxylation sites is 1. The van der Waals surface area contributed by atoms with Crippen molar-refractivity contribution in [3.63, 3.8) is 0 Å². The summed E-state index contributed by atoms with van der Waals surface area (Å²) in [6.45, 7) is 0. The van der Waals surface area contributed by atoms with Crippen molar-refractivity contribution in [1.82, 2.24) is 0 Å². The lowest BCUT2D eigenvalue weighted by Crippen LogP contribution is -2.12. The minimum Gasteiger partial charge on any atom is -0.480 e. The molecule has 1 unspecified atom stereocenters. The van der Waals surface area contributed by atoms with Gasteiger partial charge < -0.3 is 9.84 Å². The summed E-state index contributed by atoms with van der Waals surface area (Å²) in [7, 11) is 0. The third-order valence-corrected chi connectivity index (χ3v) is 5.68. The Balaban J connectivity index is 1.54. The number of aryl methyl sites for hydroxylation is 1. The molecule has 0 spiro atoms. The van der Waals surface area contributed by atoms with Gasteiger partial charge in [0.25, 0.3) is 0 Å². The lowest BCUT2D eigenvalue weighted by Gasteiger charge is -2.09. The Labute approximate surface area is 184 Å². The van der Waals surface area contributed by atoms with Gasteiger partial charge in [-0.3, -0.25) is 4.79 Å². The number of carboxylic acid groups (broad SMARTS) is 1. The fourth-order valence-electron chi connectivity index (χ4n) is 3.24. The van der Waals surface area contributed by atoms with Crippen LogP contribution in [0.25, 0.3) is 0 Å². The topological polar surface area (TPSA) is 46.5 Å². The highest BCUT2D eigenvalue weighted by molar-refractivity contribution is 6.31. The van der Waals surface area contributed by atoms with E-state index in [2.05, 4.69) is 6.07 Å². The lowest BCUT2D eigenvalue weighted by molar-refractivity contribution is -0.136.